The lowest BCUT2D eigenvalue weighted by molar-refractivity contribution is -0.150. The van der Waals surface area contributed by atoms with E-state index in [2.05, 4.69) is 4.90 Å². The van der Waals surface area contributed by atoms with Crippen LogP contribution in [0.15, 0.2) is 18.2 Å². The number of hydrogen-bond acceptors (Lipinski definition) is 3. The van der Waals surface area contributed by atoms with Crippen molar-refractivity contribution in [3.8, 4) is 0 Å². The Morgan fingerprint density at radius 1 is 1.09 bits per heavy atom. The molecule has 188 valence electrons. The topological polar surface area (TPSA) is 47.1 Å². The number of likely N-dealkylation sites (tertiary alicyclic amines) is 2. The lowest BCUT2D eigenvalue weighted by atomic mass is 9.74. The molecule has 0 aliphatic carbocycles. The van der Waals surface area contributed by atoms with E-state index in [0.29, 0.717) is 19.6 Å². The summed E-state index contributed by atoms with van der Waals surface area (Å²) in [5.41, 5.74) is 1.39. The predicted octanol–water partition coefficient (Wildman–Crippen LogP) is 3.99. The third kappa shape index (κ3) is 5.01. The average Bonchev–Trinajstić information content (AvgIpc) is 3.10. The number of urea groups is 1. The highest BCUT2D eigenvalue weighted by Crippen LogP contribution is 2.48. The normalized spacial score (nSPS) is 21.1. The number of alkyl halides is 3. The van der Waals surface area contributed by atoms with Crippen molar-refractivity contribution in [1.82, 2.24) is 14.7 Å². The first kappa shape index (κ1) is 24.8. The molecule has 2 saturated heterocycles. The molecule has 0 unspecified atom stereocenters. The van der Waals surface area contributed by atoms with E-state index in [1.807, 2.05) is 0 Å². The van der Waals surface area contributed by atoms with Crippen molar-refractivity contribution in [3.63, 3.8) is 0 Å². The maximum Gasteiger partial charge on any atom is 0.389 e. The molecule has 1 aromatic carbocycles. The van der Waals surface area contributed by atoms with Gasteiger partial charge in [0, 0.05) is 57.3 Å². The number of rotatable bonds is 3. The summed E-state index contributed by atoms with van der Waals surface area (Å²) in [4.78, 5) is 32.1. The monoisotopic (exact) mass is 484 g/mol. The summed E-state index contributed by atoms with van der Waals surface area (Å²) >= 11 is 0. The lowest BCUT2D eigenvalue weighted by Gasteiger charge is -2.45. The Morgan fingerprint density at radius 3 is 2.32 bits per heavy atom. The number of halogens is 4. The van der Waals surface area contributed by atoms with Crippen LogP contribution in [-0.4, -0.2) is 85.7 Å². The van der Waals surface area contributed by atoms with Gasteiger partial charge in [-0.05, 0) is 62.5 Å². The smallest absolute Gasteiger partial charge is 0.343 e. The first-order valence-electron chi connectivity index (χ1n) is 11.9. The molecular formula is C24H32F4N4O2. The molecule has 3 amide bonds. The zero-order valence-corrected chi connectivity index (χ0v) is 19.7. The molecule has 0 radical (unpaired) electrons. The minimum atomic E-state index is -4.31. The summed E-state index contributed by atoms with van der Waals surface area (Å²) in [6.45, 7) is 3.08. The number of carbonyl (C=O) groups excluding carboxylic acids is 2. The van der Waals surface area contributed by atoms with Gasteiger partial charge in [0.05, 0.1) is 6.42 Å². The second-order valence-electron chi connectivity index (χ2n) is 9.97. The third-order valence-corrected chi connectivity index (χ3v) is 7.61. The molecule has 0 bridgehead atoms. The fourth-order valence-electron chi connectivity index (χ4n) is 5.69. The SMILES string of the molecule is CN(C)C(=O)N1CC2(CCN(C3CCN(C(=O)CCC(F)(F)F)CC3)CC2)c2cc(F)ccc21. The van der Waals surface area contributed by atoms with Crippen LogP contribution in [0.5, 0.6) is 0 Å². The standard InChI is InChI=1S/C24H32F4N4O2/c1-29(2)22(34)32-16-23(19-15-17(25)3-4-20(19)32)9-13-30(14-10-23)18-6-11-31(12-7-18)21(33)5-8-24(26,27)28/h3-4,15,18H,5-14,16H2,1-2H3. The number of piperidine rings is 2. The van der Waals surface area contributed by atoms with Crippen LogP contribution in [0.2, 0.25) is 0 Å². The van der Waals surface area contributed by atoms with Gasteiger partial charge in [-0.15, -0.1) is 0 Å². The van der Waals surface area contributed by atoms with Gasteiger partial charge >= 0.3 is 12.2 Å². The maximum atomic E-state index is 14.2. The van der Waals surface area contributed by atoms with E-state index in [4.69, 9.17) is 0 Å². The van der Waals surface area contributed by atoms with Crippen molar-refractivity contribution in [1.29, 1.82) is 0 Å². The number of benzene rings is 1. The van der Waals surface area contributed by atoms with Crippen LogP contribution in [0.3, 0.4) is 0 Å². The van der Waals surface area contributed by atoms with Gasteiger partial charge in [-0.3, -0.25) is 9.69 Å². The van der Waals surface area contributed by atoms with Crippen LogP contribution in [0.4, 0.5) is 28.0 Å². The number of amides is 3. The van der Waals surface area contributed by atoms with Crippen LogP contribution in [0.1, 0.15) is 44.1 Å². The van der Waals surface area contributed by atoms with Crippen LogP contribution < -0.4 is 4.90 Å². The van der Waals surface area contributed by atoms with Crippen molar-refractivity contribution in [2.75, 3.05) is 51.7 Å². The fraction of sp³-hybridized carbons (Fsp3) is 0.667. The van der Waals surface area contributed by atoms with Gasteiger partial charge < -0.3 is 14.7 Å². The van der Waals surface area contributed by atoms with Crippen molar-refractivity contribution in [3.05, 3.63) is 29.6 Å². The van der Waals surface area contributed by atoms with Crippen LogP contribution in [0.25, 0.3) is 0 Å². The first-order valence-corrected chi connectivity index (χ1v) is 11.9. The third-order valence-electron chi connectivity index (χ3n) is 7.61. The van der Waals surface area contributed by atoms with Gasteiger partial charge in [0.25, 0.3) is 0 Å². The summed E-state index contributed by atoms with van der Waals surface area (Å²) in [5, 5.41) is 0. The first-order chi connectivity index (χ1) is 16.0. The van der Waals surface area contributed by atoms with Crippen molar-refractivity contribution in [2.45, 2.75) is 56.2 Å². The Bertz CT molecular complexity index is 920. The minimum absolute atomic E-state index is 0.116. The van der Waals surface area contributed by atoms with E-state index in [1.54, 1.807) is 36.0 Å². The molecular weight excluding hydrogens is 452 g/mol. The fourth-order valence-corrected chi connectivity index (χ4v) is 5.69. The highest BCUT2D eigenvalue weighted by atomic mass is 19.4. The summed E-state index contributed by atoms with van der Waals surface area (Å²) in [7, 11) is 3.42. The number of anilines is 1. The van der Waals surface area contributed by atoms with Crippen LogP contribution in [-0.2, 0) is 10.2 Å². The highest BCUT2D eigenvalue weighted by Gasteiger charge is 2.47. The Balaban J connectivity index is 1.36. The van der Waals surface area contributed by atoms with E-state index in [-0.39, 0.29) is 23.3 Å². The largest absolute Gasteiger partial charge is 0.389 e. The number of hydrogen-bond donors (Lipinski definition) is 0. The van der Waals surface area contributed by atoms with Crippen LogP contribution >= 0.6 is 0 Å². The Hall–Kier alpha value is -2.36. The maximum absolute atomic E-state index is 14.2. The zero-order valence-electron chi connectivity index (χ0n) is 19.7. The molecule has 34 heavy (non-hydrogen) atoms. The molecule has 6 nitrogen and oxygen atoms in total. The molecule has 1 spiro atoms. The minimum Gasteiger partial charge on any atom is -0.343 e. The Morgan fingerprint density at radius 2 is 1.74 bits per heavy atom. The molecule has 1 aromatic rings. The molecule has 0 N–H and O–H groups in total. The molecule has 2 fully saturated rings. The van der Waals surface area contributed by atoms with Gasteiger partial charge in [0.15, 0.2) is 0 Å². The average molecular weight is 485 g/mol. The molecule has 4 rings (SSSR count). The van der Waals surface area contributed by atoms with Gasteiger partial charge in [-0.2, -0.15) is 13.2 Å². The second-order valence-corrected chi connectivity index (χ2v) is 9.97. The molecule has 3 aliphatic heterocycles. The van der Waals surface area contributed by atoms with Gasteiger partial charge in [-0.1, -0.05) is 0 Å². The van der Waals surface area contributed by atoms with E-state index in [1.165, 1.54) is 11.0 Å². The summed E-state index contributed by atoms with van der Waals surface area (Å²) in [6.07, 6.45) is -2.81. The Labute approximate surface area is 197 Å². The molecule has 0 aromatic heterocycles. The highest BCUT2D eigenvalue weighted by molar-refractivity contribution is 5.95. The molecule has 3 heterocycles. The number of nitrogens with zero attached hydrogens (tertiary/aromatic N) is 4. The molecule has 0 atom stereocenters. The quantitative estimate of drug-likeness (QED) is 0.610. The Kier molecular flexibility index (Phi) is 6.81. The summed E-state index contributed by atoms with van der Waals surface area (Å²) in [6, 6.07) is 4.82. The van der Waals surface area contributed by atoms with Crippen molar-refractivity contribution < 1.29 is 27.2 Å². The van der Waals surface area contributed by atoms with E-state index >= 15 is 0 Å². The number of carbonyl (C=O) groups is 2. The van der Waals surface area contributed by atoms with Gasteiger partial charge in [0.2, 0.25) is 5.91 Å². The predicted molar refractivity (Wildman–Crippen MR) is 120 cm³/mol. The van der Waals surface area contributed by atoms with Gasteiger partial charge in [0.1, 0.15) is 5.82 Å². The van der Waals surface area contributed by atoms with E-state index in [0.717, 1.165) is 50.0 Å². The molecule has 3 aliphatic rings. The summed E-state index contributed by atoms with van der Waals surface area (Å²) in [5.74, 6) is -0.731. The zero-order chi connectivity index (χ0) is 24.7. The van der Waals surface area contributed by atoms with E-state index in [9.17, 15) is 27.2 Å². The number of fused-ring (bicyclic) bond motifs is 2. The van der Waals surface area contributed by atoms with Gasteiger partial charge in [-0.25, -0.2) is 9.18 Å². The molecule has 10 heteroatoms. The van der Waals surface area contributed by atoms with Crippen molar-refractivity contribution in [2.24, 2.45) is 0 Å². The van der Waals surface area contributed by atoms with E-state index < -0.39 is 24.9 Å². The lowest BCUT2D eigenvalue weighted by Crippen LogP contribution is -2.52. The molecule has 0 saturated carbocycles. The van der Waals surface area contributed by atoms with Crippen LogP contribution in [0, 0.1) is 5.82 Å². The summed E-state index contributed by atoms with van der Waals surface area (Å²) < 4.78 is 51.4. The van der Waals surface area contributed by atoms with Crippen molar-refractivity contribution >= 4 is 17.6 Å². The second kappa shape index (κ2) is 9.36.